The van der Waals surface area contributed by atoms with Crippen LogP contribution < -0.4 is 0 Å². The van der Waals surface area contributed by atoms with E-state index in [1.165, 1.54) is 25.7 Å². The molecule has 0 saturated heterocycles. The van der Waals surface area contributed by atoms with Crippen molar-refractivity contribution in [3.05, 3.63) is 23.8 Å². The lowest BCUT2D eigenvalue weighted by molar-refractivity contribution is 0.119. The average Bonchev–Trinajstić information content (AvgIpc) is 2.20. The monoisotopic (exact) mass is 224 g/mol. The summed E-state index contributed by atoms with van der Waals surface area (Å²) >= 11 is 0. The molecule has 0 aliphatic carbocycles. The van der Waals surface area contributed by atoms with Crippen LogP contribution in [0.15, 0.2) is 23.8 Å². The van der Waals surface area contributed by atoms with Gasteiger partial charge in [-0.15, -0.1) is 0 Å². The molecule has 1 heteroatoms. The lowest BCUT2D eigenvalue weighted by atomic mass is 9.98. The van der Waals surface area contributed by atoms with E-state index in [1.807, 2.05) is 20.8 Å². The molecular formula is C15H28O. The Morgan fingerprint density at radius 3 is 2.12 bits per heavy atom. The Labute approximate surface area is 101 Å². The Morgan fingerprint density at radius 2 is 1.62 bits per heavy atom. The average molecular weight is 224 g/mol. The number of aliphatic hydroxyl groups is 1. The zero-order chi connectivity index (χ0) is 12.4. The maximum absolute atomic E-state index is 9.70. The Balaban J connectivity index is 3.57. The Hall–Kier alpha value is -0.560. The van der Waals surface area contributed by atoms with Crippen LogP contribution in [0.2, 0.25) is 0 Å². The molecule has 1 nitrogen and oxygen atoms in total. The van der Waals surface area contributed by atoms with Crippen molar-refractivity contribution in [3.63, 3.8) is 0 Å². The molecular weight excluding hydrogens is 196 g/mol. The predicted octanol–water partition coefficient (Wildman–Crippen LogP) is 4.62. The smallest absolute Gasteiger partial charge is 0.0798 e. The second kappa shape index (κ2) is 8.58. The van der Waals surface area contributed by atoms with Crippen molar-refractivity contribution in [2.45, 2.75) is 71.8 Å². The van der Waals surface area contributed by atoms with E-state index in [2.05, 4.69) is 25.2 Å². The molecule has 0 saturated carbocycles. The fourth-order valence-electron chi connectivity index (χ4n) is 1.36. The third-order valence-corrected chi connectivity index (χ3v) is 2.88. The highest BCUT2D eigenvalue weighted by atomic mass is 16.3. The van der Waals surface area contributed by atoms with Crippen molar-refractivity contribution in [2.24, 2.45) is 0 Å². The first-order chi connectivity index (χ1) is 7.48. The van der Waals surface area contributed by atoms with Crippen LogP contribution in [0.1, 0.15) is 66.2 Å². The number of unbranched alkanes of at least 4 members (excludes halogenated alkanes) is 4. The minimum absolute atomic E-state index is 0.656. The van der Waals surface area contributed by atoms with Gasteiger partial charge in [0.25, 0.3) is 0 Å². The largest absolute Gasteiger partial charge is 0.386 e. The summed E-state index contributed by atoms with van der Waals surface area (Å²) in [6, 6.07) is 0. The van der Waals surface area contributed by atoms with E-state index in [0.29, 0.717) is 0 Å². The van der Waals surface area contributed by atoms with E-state index in [4.69, 9.17) is 0 Å². The molecule has 0 unspecified atom stereocenters. The molecule has 0 aliphatic heterocycles. The zero-order valence-corrected chi connectivity index (χ0v) is 11.4. The van der Waals surface area contributed by atoms with E-state index >= 15 is 0 Å². The van der Waals surface area contributed by atoms with Gasteiger partial charge in [-0.05, 0) is 52.0 Å². The highest BCUT2D eigenvalue weighted by molar-refractivity contribution is 5.10. The summed E-state index contributed by atoms with van der Waals surface area (Å²) in [6.45, 7) is 7.89. The van der Waals surface area contributed by atoms with Crippen LogP contribution in [0, 0.1) is 0 Å². The third kappa shape index (κ3) is 8.72. The van der Waals surface area contributed by atoms with Gasteiger partial charge in [-0.25, -0.2) is 0 Å². The van der Waals surface area contributed by atoms with Crippen LogP contribution in [0.25, 0.3) is 0 Å². The van der Waals surface area contributed by atoms with Crippen molar-refractivity contribution < 1.29 is 5.11 Å². The molecule has 94 valence electrons. The fourth-order valence-corrected chi connectivity index (χ4v) is 1.36. The molecule has 1 N–H and O–H groups in total. The van der Waals surface area contributed by atoms with Crippen LogP contribution in [0.5, 0.6) is 0 Å². The second-order valence-corrected chi connectivity index (χ2v) is 4.99. The molecule has 0 aromatic heterocycles. The van der Waals surface area contributed by atoms with Gasteiger partial charge >= 0.3 is 0 Å². The van der Waals surface area contributed by atoms with Crippen molar-refractivity contribution in [2.75, 3.05) is 0 Å². The highest BCUT2D eigenvalue weighted by Gasteiger charge is 2.13. The number of hydrogen-bond acceptors (Lipinski definition) is 1. The second-order valence-electron chi connectivity index (χ2n) is 4.99. The highest BCUT2D eigenvalue weighted by Crippen LogP contribution is 2.15. The summed E-state index contributed by atoms with van der Waals surface area (Å²) in [4.78, 5) is 0. The summed E-state index contributed by atoms with van der Waals surface area (Å²) in [5.74, 6) is 0. The maximum Gasteiger partial charge on any atom is 0.0798 e. The Bertz CT molecular complexity index is 218. The first-order valence-electron chi connectivity index (χ1n) is 6.53. The summed E-state index contributed by atoms with van der Waals surface area (Å²) in [6.07, 6.45) is 13.9. The van der Waals surface area contributed by atoms with Gasteiger partial charge in [0.15, 0.2) is 0 Å². The molecule has 0 amide bonds. The molecule has 16 heavy (non-hydrogen) atoms. The van der Waals surface area contributed by atoms with E-state index in [0.717, 1.165) is 18.4 Å². The molecule has 0 rings (SSSR count). The quantitative estimate of drug-likeness (QED) is 0.471. The minimum Gasteiger partial charge on any atom is -0.386 e. The van der Waals surface area contributed by atoms with Crippen molar-refractivity contribution in [1.29, 1.82) is 0 Å². The van der Waals surface area contributed by atoms with E-state index in [-0.39, 0.29) is 0 Å². The molecule has 0 fully saturated rings. The summed E-state index contributed by atoms with van der Waals surface area (Å²) in [5, 5.41) is 9.70. The van der Waals surface area contributed by atoms with Crippen molar-refractivity contribution in [3.8, 4) is 0 Å². The number of allylic oxidation sites excluding steroid dienone is 3. The fraction of sp³-hybridized carbons (Fsp3) is 0.733. The zero-order valence-electron chi connectivity index (χ0n) is 11.4. The van der Waals surface area contributed by atoms with Gasteiger partial charge in [-0.2, -0.15) is 0 Å². The molecule has 0 bridgehead atoms. The van der Waals surface area contributed by atoms with Crippen LogP contribution in [0.4, 0.5) is 0 Å². The first-order valence-corrected chi connectivity index (χ1v) is 6.53. The molecule has 0 atom stereocenters. The van der Waals surface area contributed by atoms with Gasteiger partial charge < -0.3 is 5.11 Å². The number of hydrogen-bond donors (Lipinski definition) is 1. The Morgan fingerprint density at radius 1 is 1.06 bits per heavy atom. The molecule has 0 heterocycles. The topological polar surface area (TPSA) is 20.2 Å². The SMILES string of the molecule is CCCC/C=C/CCC/C=C(\C)C(C)(C)O. The minimum atomic E-state index is -0.656. The van der Waals surface area contributed by atoms with E-state index in [9.17, 15) is 5.11 Å². The standard InChI is InChI=1S/C15H28O/c1-5-6-7-8-9-10-11-12-13-14(2)15(3,4)16/h8-9,13,16H,5-7,10-12H2,1-4H3/b9-8+,14-13+. The molecule has 0 radical (unpaired) electrons. The third-order valence-electron chi connectivity index (χ3n) is 2.88. The number of rotatable bonds is 8. The van der Waals surface area contributed by atoms with E-state index < -0.39 is 5.60 Å². The molecule has 0 aliphatic rings. The van der Waals surface area contributed by atoms with Crippen LogP contribution in [-0.2, 0) is 0 Å². The lowest BCUT2D eigenvalue weighted by Crippen LogP contribution is -2.19. The van der Waals surface area contributed by atoms with Crippen LogP contribution >= 0.6 is 0 Å². The van der Waals surface area contributed by atoms with Crippen molar-refractivity contribution >= 4 is 0 Å². The van der Waals surface area contributed by atoms with Crippen LogP contribution in [-0.4, -0.2) is 10.7 Å². The van der Waals surface area contributed by atoms with Gasteiger partial charge in [0, 0.05) is 0 Å². The molecule has 0 aromatic carbocycles. The molecule has 0 aromatic rings. The summed E-state index contributed by atoms with van der Waals surface area (Å²) < 4.78 is 0. The van der Waals surface area contributed by atoms with Crippen molar-refractivity contribution in [1.82, 2.24) is 0 Å². The van der Waals surface area contributed by atoms with Crippen LogP contribution in [0.3, 0.4) is 0 Å². The Kier molecular flexibility index (Phi) is 8.28. The predicted molar refractivity (Wildman–Crippen MR) is 72.6 cm³/mol. The van der Waals surface area contributed by atoms with Gasteiger partial charge in [0.1, 0.15) is 0 Å². The molecule has 0 spiro atoms. The first kappa shape index (κ1) is 15.4. The lowest BCUT2D eigenvalue weighted by Gasteiger charge is -2.17. The summed E-state index contributed by atoms with van der Waals surface area (Å²) in [7, 11) is 0. The van der Waals surface area contributed by atoms with Gasteiger partial charge in [0.05, 0.1) is 5.60 Å². The maximum atomic E-state index is 9.70. The van der Waals surface area contributed by atoms with E-state index in [1.54, 1.807) is 0 Å². The van der Waals surface area contributed by atoms with Gasteiger partial charge in [-0.3, -0.25) is 0 Å². The van der Waals surface area contributed by atoms with Gasteiger partial charge in [-0.1, -0.05) is 38.0 Å². The summed E-state index contributed by atoms with van der Waals surface area (Å²) in [5.41, 5.74) is 0.416. The van der Waals surface area contributed by atoms with Gasteiger partial charge in [0.2, 0.25) is 0 Å². The normalized spacial score (nSPS) is 13.7.